The summed E-state index contributed by atoms with van der Waals surface area (Å²) in [7, 11) is 0. The highest BCUT2D eigenvalue weighted by Crippen LogP contribution is 2.84. The number of hydrogen-bond acceptors (Lipinski definition) is 3. The molecule has 8 atom stereocenters. The molecule has 5 aliphatic carbocycles. The number of hydrogen-bond donors (Lipinski definition) is 0. The summed E-state index contributed by atoms with van der Waals surface area (Å²) < 4.78 is 12.0. The van der Waals surface area contributed by atoms with E-state index in [9.17, 15) is 4.79 Å². The highest BCUT2D eigenvalue weighted by molar-refractivity contribution is 9.09. The third-order valence-corrected chi connectivity index (χ3v) is 8.55. The molecule has 0 N–H and O–H groups in total. The van der Waals surface area contributed by atoms with Crippen molar-refractivity contribution in [2.45, 2.75) is 36.8 Å². The molecule has 0 radical (unpaired) electrons. The molecule has 6 unspecified atom stereocenters. The van der Waals surface area contributed by atoms with Gasteiger partial charge in [0.25, 0.3) is 0 Å². The molecule has 5 saturated carbocycles. The Morgan fingerprint density at radius 2 is 2.00 bits per heavy atom. The number of carbonyl (C=O) groups excluding carboxylic acids is 1. The zero-order chi connectivity index (χ0) is 16.5. The van der Waals surface area contributed by atoms with Crippen LogP contribution in [0, 0.1) is 35.5 Å². The van der Waals surface area contributed by atoms with Crippen molar-refractivity contribution in [3.8, 4) is 0 Å². The van der Waals surface area contributed by atoms with Crippen molar-refractivity contribution in [1.82, 2.24) is 0 Å². The highest BCUT2D eigenvalue weighted by atomic mass is 79.9. The zero-order valence-corrected chi connectivity index (χ0v) is 15.4. The minimum absolute atomic E-state index is 0.174. The van der Waals surface area contributed by atoms with Crippen LogP contribution in [0.15, 0.2) is 30.3 Å². The standard InChI is InChI=1S/C20H23BrO3/c1-11(22)23-8-7-20(24-10-12-5-3-2-4-6-12)18-14-9-13-15(16(13)18)17(14)19(20)21/h2-6,13-19H,7-10H2,1H3/t13?,14?,15?,16?,17?,18?,19-,20+/m0/s1. The van der Waals surface area contributed by atoms with E-state index < -0.39 is 0 Å². The number of ether oxygens (including phenoxy) is 2. The Kier molecular flexibility index (Phi) is 3.41. The van der Waals surface area contributed by atoms with Crippen molar-refractivity contribution in [3.05, 3.63) is 35.9 Å². The van der Waals surface area contributed by atoms with E-state index >= 15 is 0 Å². The molecule has 0 amide bonds. The third kappa shape index (κ3) is 1.96. The van der Waals surface area contributed by atoms with Crippen LogP contribution in [0.2, 0.25) is 0 Å². The SMILES string of the molecule is CC(=O)OCC[C@@]1(OCc2ccccc2)C2C3CC4C(C42)C3[C@@H]1Br. The predicted octanol–water partition coefficient (Wildman–Crippen LogP) is 3.80. The van der Waals surface area contributed by atoms with E-state index in [0.29, 0.717) is 24.0 Å². The van der Waals surface area contributed by atoms with Gasteiger partial charge in [-0.25, -0.2) is 0 Å². The fourth-order valence-corrected chi connectivity index (χ4v) is 7.94. The summed E-state index contributed by atoms with van der Waals surface area (Å²) in [6.45, 7) is 2.59. The molecular formula is C20H23BrO3. The van der Waals surface area contributed by atoms with Crippen LogP contribution in [0.1, 0.15) is 25.3 Å². The van der Waals surface area contributed by atoms with Crippen molar-refractivity contribution >= 4 is 21.9 Å². The van der Waals surface area contributed by atoms with E-state index in [2.05, 4.69) is 40.2 Å². The van der Waals surface area contributed by atoms with Gasteiger partial charge in [0.05, 0.1) is 18.8 Å². The van der Waals surface area contributed by atoms with Gasteiger partial charge in [-0.3, -0.25) is 4.79 Å². The van der Waals surface area contributed by atoms with Crippen molar-refractivity contribution in [3.63, 3.8) is 0 Å². The van der Waals surface area contributed by atoms with Crippen LogP contribution >= 0.6 is 15.9 Å². The highest BCUT2D eigenvalue weighted by Gasteiger charge is 2.84. The molecule has 1 aromatic rings. The molecule has 5 fully saturated rings. The lowest BCUT2D eigenvalue weighted by Crippen LogP contribution is -2.48. The van der Waals surface area contributed by atoms with Crippen LogP contribution < -0.4 is 0 Å². The second-order valence-corrected chi connectivity index (χ2v) is 9.03. The van der Waals surface area contributed by atoms with Crippen LogP contribution in [0.5, 0.6) is 0 Å². The van der Waals surface area contributed by atoms with Gasteiger partial charge in [0, 0.05) is 18.2 Å². The molecule has 24 heavy (non-hydrogen) atoms. The lowest BCUT2D eigenvalue weighted by atomic mass is 9.80. The molecule has 1 aromatic carbocycles. The first-order valence-electron chi connectivity index (χ1n) is 9.09. The van der Waals surface area contributed by atoms with Crippen molar-refractivity contribution < 1.29 is 14.3 Å². The Labute approximate surface area is 151 Å². The van der Waals surface area contributed by atoms with Gasteiger partial charge in [0.2, 0.25) is 0 Å². The van der Waals surface area contributed by atoms with E-state index in [4.69, 9.17) is 9.47 Å². The molecule has 128 valence electrons. The maximum absolute atomic E-state index is 11.2. The number of alkyl halides is 1. The zero-order valence-electron chi connectivity index (χ0n) is 13.9. The Bertz CT molecular complexity index is 662. The van der Waals surface area contributed by atoms with Gasteiger partial charge in [0.15, 0.2) is 0 Å². The van der Waals surface area contributed by atoms with Crippen LogP contribution in [0.25, 0.3) is 0 Å². The smallest absolute Gasteiger partial charge is 0.302 e. The van der Waals surface area contributed by atoms with E-state index in [1.54, 1.807) is 0 Å². The summed E-state index contributed by atoms with van der Waals surface area (Å²) in [6, 6.07) is 10.4. The number of carbonyl (C=O) groups is 1. The summed E-state index contributed by atoms with van der Waals surface area (Å²) >= 11 is 4.03. The van der Waals surface area contributed by atoms with E-state index in [0.717, 1.165) is 36.0 Å². The largest absolute Gasteiger partial charge is 0.466 e. The third-order valence-electron chi connectivity index (χ3n) is 7.17. The quantitative estimate of drug-likeness (QED) is 0.547. The number of halogens is 1. The maximum Gasteiger partial charge on any atom is 0.302 e. The van der Waals surface area contributed by atoms with Crippen LogP contribution in [-0.4, -0.2) is 23.0 Å². The van der Waals surface area contributed by atoms with Crippen molar-refractivity contribution in [1.29, 1.82) is 0 Å². The predicted molar refractivity (Wildman–Crippen MR) is 93.5 cm³/mol. The summed E-state index contributed by atoms with van der Waals surface area (Å²) in [5.41, 5.74) is 1.04. The first kappa shape index (κ1) is 15.4. The van der Waals surface area contributed by atoms with Crippen LogP contribution in [0.3, 0.4) is 0 Å². The fourth-order valence-electron chi connectivity index (χ4n) is 6.53. The molecule has 0 aliphatic heterocycles. The molecule has 6 bridgehead atoms. The van der Waals surface area contributed by atoms with E-state index in [1.165, 1.54) is 18.9 Å². The molecule has 0 heterocycles. The number of benzene rings is 1. The van der Waals surface area contributed by atoms with Gasteiger partial charge in [-0.1, -0.05) is 46.3 Å². The van der Waals surface area contributed by atoms with Crippen molar-refractivity contribution in [2.24, 2.45) is 35.5 Å². The summed E-state index contributed by atoms with van der Waals surface area (Å²) in [5, 5.41) is 0. The Morgan fingerprint density at radius 1 is 1.21 bits per heavy atom. The van der Waals surface area contributed by atoms with Crippen LogP contribution in [-0.2, 0) is 20.9 Å². The minimum Gasteiger partial charge on any atom is -0.466 e. The first-order valence-corrected chi connectivity index (χ1v) is 10.0. The number of rotatable bonds is 6. The molecule has 0 spiro atoms. The minimum atomic E-state index is -0.198. The molecule has 0 saturated heterocycles. The average molecular weight is 391 g/mol. The summed E-state index contributed by atoms with van der Waals surface area (Å²) in [5.74, 6) is 4.84. The second kappa shape index (κ2) is 5.31. The average Bonchev–Trinajstić information content (AvgIpc) is 2.93. The van der Waals surface area contributed by atoms with Crippen LogP contribution in [0.4, 0.5) is 0 Å². The topological polar surface area (TPSA) is 35.5 Å². The van der Waals surface area contributed by atoms with Gasteiger partial charge in [-0.2, -0.15) is 0 Å². The van der Waals surface area contributed by atoms with Gasteiger partial charge in [-0.15, -0.1) is 0 Å². The summed E-state index contributed by atoms with van der Waals surface area (Å²) in [6.07, 6.45) is 2.21. The fraction of sp³-hybridized carbons (Fsp3) is 0.650. The Balaban J connectivity index is 1.38. The first-order chi connectivity index (χ1) is 11.6. The molecular weight excluding hydrogens is 368 g/mol. The second-order valence-electron chi connectivity index (χ2n) is 8.04. The molecule has 4 heteroatoms. The molecule has 3 nitrogen and oxygen atoms in total. The van der Waals surface area contributed by atoms with E-state index in [-0.39, 0.29) is 11.6 Å². The lowest BCUT2D eigenvalue weighted by Gasteiger charge is -2.41. The molecule has 0 aromatic heterocycles. The van der Waals surface area contributed by atoms with Crippen molar-refractivity contribution in [2.75, 3.05) is 6.61 Å². The Morgan fingerprint density at radius 3 is 2.67 bits per heavy atom. The number of esters is 1. The van der Waals surface area contributed by atoms with Gasteiger partial charge < -0.3 is 9.47 Å². The normalized spacial score (nSPS) is 46.3. The monoisotopic (exact) mass is 390 g/mol. The maximum atomic E-state index is 11.2. The lowest BCUT2D eigenvalue weighted by molar-refractivity contribution is -0.146. The molecule has 5 aliphatic rings. The van der Waals surface area contributed by atoms with E-state index in [1.807, 2.05) is 6.07 Å². The van der Waals surface area contributed by atoms with Gasteiger partial charge in [0.1, 0.15) is 0 Å². The van der Waals surface area contributed by atoms with Gasteiger partial charge in [-0.05, 0) is 47.5 Å². The Hall–Kier alpha value is -0.870. The van der Waals surface area contributed by atoms with Gasteiger partial charge >= 0.3 is 5.97 Å². The molecule has 6 rings (SSSR count). The summed E-state index contributed by atoms with van der Waals surface area (Å²) in [4.78, 5) is 11.6.